The van der Waals surface area contributed by atoms with Crippen LogP contribution in [0.15, 0.2) is 0 Å². The third-order valence-corrected chi connectivity index (χ3v) is 2.31. The van der Waals surface area contributed by atoms with Gasteiger partial charge in [-0.1, -0.05) is 26.7 Å². The number of hydrogen-bond acceptors (Lipinski definition) is 2. The van der Waals surface area contributed by atoms with Crippen LogP contribution in [0.4, 0.5) is 0 Å². The van der Waals surface area contributed by atoms with Crippen molar-refractivity contribution in [2.24, 2.45) is 0 Å². The second kappa shape index (κ2) is 6.49. The molecule has 0 aromatic carbocycles. The quantitative estimate of drug-likeness (QED) is 0.568. The Balaban J connectivity index is 4.04. The van der Waals surface area contributed by atoms with E-state index in [0.29, 0.717) is 0 Å². The molecule has 0 atom stereocenters. The van der Waals surface area contributed by atoms with Gasteiger partial charge in [-0.25, -0.2) is 0 Å². The Morgan fingerprint density at radius 1 is 0.933 bits per heavy atom. The fraction of sp³-hybridized carbons (Fsp3) is 1.00. The normalized spacial score (nSPS) is 13.2. The van der Waals surface area contributed by atoms with Gasteiger partial charge in [-0.2, -0.15) is 0 Å². The first-order valence-corrected chi connectivity index (χ1v) is 6.17. The zero-order chi connectivity index (χ0) is 11.9. The van der Waals surface area contributed by atoms with E-state index >= 15 is 0 Å². The van der Waals surface area contributed by atoms with Gasteiger partial charge in [0.1, 0.15) is 0 Å². The van der Waals surface area contributed by atoms with Crippen molar-refractivity contribution in [1.29, 1.82) is 0 Å². The minimum Gasteiger partial charge on any atom is -0.351 e. The standard InChI is InChI=1S/C13H28O2/c1-7-9-10-12(3,4)15-13(5,6)14-11-8-2/h7-11H2,1-6H3. The van der Waals surface area contributed by atoms with Gasteiger partial charge in [0.25, 0.3) is 0 Å². The van der Waals surface area contributed by atoms with Crippen LogP contribution in [0.1, 0.15) is 67.2 Å². The lowest BCUT2D eigenvalue weighted by Crippen LogP contribution is -2.39. The summed E-state index contributed by atoms with van der Waals surface area (Å²) in [6.45, 7) is 13.3. The van der Waals surface area contributed by atoms with Crippen LogP contribution in [0.5, 0.6) is 0 Å². The molecule has 0 aliphatic heterocycles. The summed E-state index contributed by atoms with van der Waals surface area (Å²) in [5, 5.41) is 0. The molecule has 0 bridgehead atoms. The van der Waals surface area contributed by atoms with Gasteiger partial charge in [0.15, 0.2) is 5.79 Å². The molecule has 0 spiro atoms. The summed E-state index contributed by atoms with van der Waals surface area (Å²) < 4.78 is 11.7. The van der Waals surface area contributed by atoms with Crippen molar-refractivity contribution < 1.29 is 9.47 Å². The van der Waals surface area contributed by atoms with Gasteiger partial charge in [0.2, 0.25) is 0 Å². The Labute approximate surface area is 95.3 Å². The number of hydrogen-bond donors (Lipinski definition) is 0. The van der Waals surface area contributed by atoms with E-state index in [0.717, 1.165) is 19.4 Å². The molecule has 0 fully saturated rings. The molecule has 0 aromatic heterocycles. The van der Waals surface area contributed by atoms with Gasteiger partial charge in [-0.3, -0.25) is 0 Å². The molecular formula is C13H28O2. The van der Waals surface area contributed by atoms with Gasteiger partial charge in [-0.15, -0.1) is 0 Å². The Hall–Kier alpha value is -0.0800. The molecule has 0 rings (SSSR count). The first-order chi connectivity index (χ1) is 6.83. The van der Waals surface area contributed by atoms with E-state index in [1.165, 1.54) is 12.8 Å². The Morgan fingerprint density at radius 3 is 2.00 bits per heavy atom. The maximum absolute atomic E-state index is 6.01. The first-order valence-electron chi connectivity index (χ1n) is 6.17. The summed E-state index contributed by atoms with van der Waals surface area (Å²) in [6, 6.07) is 0. The average Bonchev–Trinajstić information content (AvgIpc) is 2.10. The van der Waals surface area contributed by atoms with Crippen LogP contribution in [-0.4, -0.2) is 18.0 Å². The predicted octanol–water partition coefficient (Wildman–Crippen LogP) is 4.13. The highest BCUT2D eigenvalue weighted by Gasteiger charge is 2.29. The van der Waals surface area contributed by atoms with Crippen LogP contribution >= 0.6 is 0 Å². The summed E-state index contributed by atoms with van der Waals surface area (Å²) in [5.41, 5.74) is -0.0900. The molecule has 0 radical (unpaired) electrons. The van der Waals surface area contributed by atoms with E-state index in [9.17, 15) is 0 Å². The monoisotopic (exact) mass is 216 g/mol. The minimum atomic E-state index is -0.465. The smallest absolute Gasteiger partial charge is 0.163 e. The van der Waals surface area contributed by atoms with Crippen LogP contribution in [-0.2, 0) is 9.47 Å². The minimum absolute atomic E-state index is 0.0900. The van der Waals surface area contributed by atoms with Gasteiger partial charge in [-0.05, 0) is 40.5 Å². The third-order valence-electron chi connectivity index (χ3n) is 2.31. The van der Waals surface area contributed by atoms with Crippen molar-refractivity contribution in [3.05, 3.63) is 0 Å². The summed E-state index contributed by atoms with van der Waals surface area (Å²) in [7, 11) is 0. The zero-order valence-corrected chi connectivity index (χ0v) is 11.4. The molecule has 0 heterocycles. The van der Waals surface area contributed by atoms with Crippen molar-refractivity contribution in [3.8, 4) is 0 Å². The molecular weight excluding hydrogens is 188 g/mol. The topological polar surface area (TPSA) is 18.5 Å². The molecule has 0 aliphatic carbocycles. The second-order valence-corrected chi connectivity index (χ2v) is 5.21. The summed E-state index contributed by atoms with van der Waals surface area (Å²) >= 11 is 0. The lowest BCUT2D eigenvalue weighted by Gasteiger charge is -2.36. The predicted molar refractivity (Wildman–Crippen MR) is 65.0 cm³/mol. The molecule has 0 unspecified atom stereocenters. The number of ether oxygens (including phenoxy) is 2. The van der Waals surface area contributed by atoms with E-state index in [-0.39, 0.29) is 5.60 Å². The van der Waals surface area contributed by atoms with Crippen molar-refractivity contribution in [2.45, 2.75) is 78.6 Å². The maximum Gasteiger partial charge on any atom is 0.163 e. The van der Waals surface area contributed by atoms with Crippen molar-refractivity contribution in [2.75, 3.05) is 6.61 Å². The highest BCUT2D eigenvalue weighted by atomic mass is 16.7. The van der Waals surface area contributed by atoms with Crippen molar-refractivity contribution >= 4 is 0 Å². The van der Waals surface area contributed by atoms with Crippen molar-refractivity contribution in [1.82, 2.24) is 0 Å². The van der Waals surface area contributed by atoms with Crippen LogP contribution in [0.25, 0.3) is 0 Å². The fourth-order valence-corrected chi connectivity index (χ4v) is 1.70. The highest BCUT2D eigenvalue weighted by molar-refractivity contribution is 4.72. The highest BCUT2D eigenvalue weighted by Crippen LogP contribution is 2.26. The Bertz CT molecular complexity index is 144. The molecule has 0 aromatic rings. The van der Waals surface area contributed by atoms with E-state index in [1.807, 2.05) is 13.8 Å². The Morgan fingerprint density at radius 2 is 1.53 bits per heavy atom. The SMILES string of the molecule is CCCCC(C)(C)OC(C)(C)OCCC. The lowest BCUT2D eigenvalue weighted by molar-refractivity contribution is -0.263. The third kappa shape index (κ3) is 7.80. The summed E-state index contributed by atoms with van der Waals surface area (Å²) in [5.74, 6) is -0.465. The van der Waals surface area contributed by atoms with Crippen molar-refractivity contribution in [3.63, 3.8) is 0 Å². The van der Waals surface area contributed by atoms with Crippen LogP contribution in [0, 0.1) is 0 Å². The molecule has 2 heteroatoms. The molecule has 0 aliphatic rings. The van der Waals surface area contributed by atoms with E-state index in [1.54, 1.807) is 0 Å². The van der Waals surface area contributed by atoms with Crippen LogP contribution in [0.2, 0.25) is 0 Å². The van der Waals surface area contributed by atoms with E-state index in [2.05, 4.69) is 27.7 Å². The van der Waals surface area contributed by atoms with Crippen LogP contribution in [0.3, 0.4) is 0 Å². The number of rotatable bonds is 8. The zero-order valence-electron chi connectivity index (χ0n) is 11.4. The largest absolute Gasteiger partial charge is 0.351 e. The average molecular weight is 216 g/mol. The maximum atomic E-state index is 6.01. The molecule has 2 nitrogen and oxygen atoms in total. The summed E-state index contributed by atoms with van der Waals surface area (Å²) in [6.07, 6.45) is 4.53. The van der Waals surface area contributed by atoms with E-state index in [4.69, 9.17) is 9.47 Å². The van der Waals surface area contributed by atoms with Gasteiger partial charge in [0.05, 0.1) is 5.60 Å². The number of unbranched alkanes of at least 4 members (excludes halogenated alkanes) is 1. The first kappa shape index (κ1) is 14.9. The lowest BCUT2D eigenvalue weighted by atomic mass is 10.0. The molecule has 0 saturated carbocycles. The van der Waals surface area contributed by atoms with Crippen LogP contribution < -0.4 is 0 Å². The van der Waals surface area contributed by atoms with Gasteiger partial charge in [0, 0.05) is 6.61 Å². The molecule has 15 heavy (non-hydrogen) atoms. The Kier molecular flexibility index (Phi) is 6.46. The van der Waals surface area contributed by atoms with Gasteiger partial charge < -0.3 is 9.47 Å². The molecule has 0 amide bonds. The second-order valence-electron chi connectivity index (χ2n) is 5.21. The molecule has 0 saturated heterocycles. The van der Waals surface area contributed by atoms with Gasteiger partial charge >= 0.3 is 0 Å². The summed E-state index contributed by atoms with van der Waals surface area (Å²) in [4.78, 5) is 0. The van der Waals surface area contributed by atoms with E-state index < -0.39 is 5.79 Å². The molecule has 0 N–H and O–H groups in total. The molecule has 92 valence electrons. The fourth-order valence-electron chi connectivity index (χ4n) is 1.70.